The summed E-state index contributed by atoms with van der Waals surface area (Å²) in [4.78, 5) is 25.7. The number of hydrogen-bond acceptors (Lipinski definition) is 4. The maximum Gasteiger partial charge on any atom is 0.246 e. The van der Waals surface area contributed by atoms with E-state index in [0.29, 0.717) is 6.54 Å². The zero-order valence-electron chi connectivity index (χ0n) is 14.5. The number of aromatic nitrogens is 3. The summed E-state index contributed by atoms with van der Waals surface area (Å²) >= 11 is 0. The zero-order valence-corrected chi connectivity index (χ0v) is 14.5. The number of likely N-dealkylation sites (tertiary alicyclic amines) is 1. The summed E-state index contributed by atoms with van der Waals surface area (Å²) in [5, 5.41) is 4.58. The molecule has 132 valence electrons. The van der Waals surface area contributed by atoms with Crippen LogP contribution in [0, 0.1) is 0 Å². The van der Waals surface area contributed by atoms with Gasteiger partial charge in [0.15, 0.2) is 0 Å². The molecule has 1 unspecified atom stereocenters. The standard InChI is InChI=1S/C20H21N5O/c1-2-19(26)25-8-4-6-15(13-25)24-16-9-17-18(12-23-20(17)22-11-16)14-5-3-7-21-10-14/h2-3,5,7,9-12,15,24H,1,4,6,8,13H2,(H,22,23). The van der Waals surface area contributed by atoms with Crippen molar-refractivity contribution in [1.82, 2.24) is 19.9 Å². The van der Waals surface area contributed by atoms with Gasteiger partial charge in [-0.15, -0.1) is 0 Å². The first-order chi connectivity index (χ1) is 12.7. The number of fused-ring (bicyclic) bond motifs is 1. The van der Waals surface area contributed by atoms with Crippen molar-refractivity contribution >= 4 is 22.6 Å². The van der Waals surface area contributed by atoms with Gasteiger partial charge < -0.3 is 15.2 Å². The van der Waals surface area contributed by atoms with Crippen molar-refractivity contribution in [2.45, 2.75) is 18.9 Å². The maximum absolute atomic E-state index is 11.9. The minimum atomic E-state index is -0.00502. The van der Waals surface area contributed by atoms with Crippen molar-refractivity contribution in [2.24, 2.45) is 0 Å². The third kappa shape index (κ3) is 3.18. The van der Waals surface area contributed by atoms with Crippen LogP contribution < -0.4 is 5.32 Å². The Bertz CT molecular complexity index is 934. The van der Waals surface area contributed by atoms with E-state index in [2.05, 4.69) is 32.9 Å². The van der Waals surface area contributed by atoms with Gasteiger partial charge in [-0.3, -0.25) is 9.78 Å². The highest BCUT2D eigenvalue weighted by Crippen LogP contribution is 2.29. The van der Waals surface area contributed by atoms with Crippen molar-refractivity contribution in [3.8, 4) is 11.1 Å². The molecule has 0 bridgehead atoms. The molecule has 1 aliphatic heterocycles. The van der Waals surface area contributed by atoms with E-state index < -0.39 is 0 Å². The Morgan fingerprint density at radius 2 is 2.35 bits per heavy atom. The highest BCUT2D eigenvalue weighted by Gasteiger charge is 2.22. The highest BCUT2D eigenvalue weighted by molar-refractivity contribution is 5.95. The lowest BCUT2D eigenvalue weighted by molar-refractivity contribution is -0.127. The molecular formula is C20H21N5O. The molecule has 26 heavy (non-hydrogen) atoms. The summed E-state index contributed by atoms with van der Waals surface area (Å²) in [7, 11) is 0. The van der Waals surface area contributed by atoms with Gasteiger partial charge in [-0.2, -0.15) is 0 Å². The number of carbonyl (C=O) groups is 1. The average Bonchev–Trinajstić information content (AvgIpc) is 3.11. The molecule has 1 aliphatic rings. The lowest BCUT2D eigenvalue weighted by atomic mass is 10.0. The monoisotopic (exact) mass is 347 g/mol. The lowest BCUT2D eigenvalue weighted by Crippen LogP contribution is -2.44. The van der Waals surface area contributed by atoms with Crippen LogP contribution in [0.3, 0.4) is 0 Å². The number of rotatable bonds is 4. The summed E-state index contributed by atoms with van der Waals surface area (Å²) in [6.45, 7) is 5.06. The molecule has 1 amide bonds. The van der Waals surface area contributed by atoms with E-state index >= 15 is 0 Å². The Kier molecular flexibility index (Phi) is 4.39. The molecule has 6 nitrogen and oxygen atoms in total. The predicted molar refractivity (Wildman–Crippen MR) is 103 cm³/mol. The van der Waals surface area contributed by atoms with Crippen molar-refractivity contribution < 1.29 is 4.79 Å². The molecule has 1 atom stereocenters. The summed E-state index contributed by atoms with van der Waals surface area (Å²) < 4.78 is 0. The largest absolute Gasteiger partial charge is 0.379 e. The van der Waals surface area contributed by atoms with Crippen LogP contribution in [0.1, 0.15) is 12.8 Å². The van der Waals surface area contributed by atoms with Gasteiger partial charge in [0.05, 0.1) is 11.9 Å². The molecule has 0 aromatic carbocycles. The molecule has 6 heteroatoms. The Balaban J connectivity index is 1.58. The minimum Gasteiger partial charge on any atom is -0.379 e. The van der Waals surface area contributed by atoms with Gasteiger partial charge in [0.1, 0.15) is 5.65 Å². The molecule has 3 aromatic heterocycles. The summed E-state index contributed by atoms with van der Waals surface area (Å²) in [6.07, 6.45) is 10.8. The number of carbonyl (C=O) groups excluding carboxylic acids is 1. The maximum atomic E-state index is 11.9. The van der Waals surface area contributed by atoms with Crippen LogP contribution in [-0.4, -0.2) is 44.9 Å². The van der Waals surface area contributed by atoms with E-state index in [1.165, 1.54) is 6.08 Å². The van der Waals surface area contributed by atoms with E-state index in [0.717, 1.165) is 47.2 Å². The molecule has 3 aromatic rings. The van der Waals surface area contributed by atoms with Crippen LogP contribution in [0.5, 0.6) is 0 Å². The van der Waals surface area contributed by atoms with Gasteiger partial charge >= 0.3 is 0 Å². The molecule has 4 rings (SSSR count). The number of H-pyrrole nitrogens is 1. The first-order valence-electron chi connectivity index (χ1n) is 8.80. The predicted octanol–water partition coefficient (Wildman–Crippen LogP) is 3.21. The van der Waals surface area contributed by atoms with Crippen LogP contribution in [0.15, 0.2) is 55.6 Å². The third-order valence-electron chi connectivity index (χ3n) is 4.78. The number of hydrogen-bond donors (Lipinski definition) is 2. The van der Waals surface area contributed by atoms with Crippen LogP contribution >= 0.6 is 0 Å². The molecule has 4 heterocycles. The van der Waals surface area contributed by atoms with Crippen LogP contribution in [0.4, 0.5) is 5.69 Å². The van der Waals surface area contributed by atoms with Crippen LogP contribution in [-0.2, 0) is 4.79 Å². The van der Waals surface area contributed by atoms with E-state index in [-0.39, 0.29) is 11.9 Å². The Labute approximate surface area is 152 Å². The number of piperidine rings is 1. The van der Waals surface area contributed by atoms with E-state index in [4.69, 9.17) is 0 Å². The SMILES string of the molecule is C=CC(=O)N1CCCC(Nc2cnc3[nH]cc(-c4cccnc4)c3c2)C1. The first-order valence-corrected chi connectivity index (χ1v) is 8.80. The van der Waals surface area contributed by atoms with Gasteiger partial charge in [0, 0.05) is 54.2 Å². The van der Waals surface area contributed by atoms with Crippen molar-refractivity contribution in [3.05, 3.63) is 55.6 Å². The summed E-state index contributed by atoms with van der Waals surface area (Å²) in [5.41, 5.74) is 3.94. The van der Waals surface area contributed by atoms with Crippen LogP contribution in [0.2, 0.25) is 0 Å². The first kappa shape index (κ1) is 16.3. The molecule has 0 spiro atoms. The number of amides is 1. The fourth-order valence-electron chi connectivity index (χ4n) is 3.50. The zero-order chi connectivity index (χ0) is 17.9. The number of nitrogens with zero attached hydrogens (tertiary/aromatic N) is 3. The number of aromatic amines is 1. The molecular weight excluding hydrogens is 326 g/mol. The molecule has 2 N–H and O–H groups in total. The number of nitrogens with one attached hydrogen (secondary N) is 2. The van der Waals surface area contributed by atoms with Gasteiger partial charge in [0.2, 0.25) is 5.91 Å². The Morgan fingerprint density at radius 3 is 3.15 bits per heavy atom. The normalized spacial score (nSPS) is 17.2. The Hall–Kier alpha value is -3.15. The van der Waals surface area contributed by atoms with E-state index in [9.17, 15) is 4.79 Å². The topological polar surface area (TPSA) is 73.9 Å². The van der Waals surface area contributed by atoms with Crippen molar-refractivity contribution in [2.75, 3.05) is 18.4 Å². The molecule has 0 saturated carbocycles. The molecule has 1 fully saturated rings. The van der Waals surface area contributed by atoms with E-state index in [1.54, 1.807) is 6.20 Å². The highest BCUT2D eigenvalue weighted by atomic mass is 16.2. The quantitative estimate of drug-likeness (QED) is 0.711. The van der Waals surface area contributed by atoms with Gasteiger partial charge in [0.25, 0.3) is 0 Å². The van der Waals surface area contributed by atoms with Gasteiger partial charge in [-0.1, -0.05) is 12.6 Å². The average molecular weight is 347 g/mol. The number of pyridine rings is 2. The molecule has 0 radical (unpaired) electrons. The van der Waals surface area contributed by atoms with Gasteiger partial charge in [-0.25, -0.2) is 4.98 Å². The summed E-state index contributed by atoms with van der Waals surface area (Å²) in [6, 6.07) is 6.29. The number of anilines is 1. The van der Waals surface area contributed by atoms with Crippen molar-refractivity contribution in [3.63, 3.8) is 0 Å². The van der Waals surface area contributed by atoms with Crippen LogP contribution in [0.25, 0.3) is 22.2 Å². The fraction of sp³-hybridized carbons (Fsp3) is 0.250. The second-order valence-electron chi connectivity index (χ2n) is 6.54. The van der Waals surface area contributed by atoms with E-state index in [1.807, 2.05) is 35.6 Å². The third-order valence-corrected chi connectivity index (χ3v) is 4.78. The molecule has 0 aliphatic carbocycles. The summed E-state index contributed by atoms with van der Waals surface area (Å²) in [5.74, 6) is -0.00502. The molecule has 1 saturated heterocycles. The second-order valence-corrected chi connectivity index (χ2v) is 6.54. The minimum absolute atomic E-state index is 0.00502. The lowest BCUT2D eigenvalue weighted by Gasteiger charge is -2.33. The Morgan fingerprint density at radius 1 is 1.42 bits per heavy atom. The smallest absolute Gasteiger partial charge is 0.246 e. The van der Waals surface area contributed by atoms with Gasteiger partial charge in [-0.05, 0) is 31.1 Å². The fourth-order valence-corrected chi connectivity index (χ4v) is 3.50. The second kappa shape index (κ2) is 7.00. The van der Waals surface area contributed by atoms with Crippen molar-refractivity contribution in [1.29, 1.82) is 0 Å².